The summed E-state index contributed by atoms with van der Waals surface area (Å²) < 4.78 is 0. The molecule has 0 aliphatic carbocycles. The quantitative estimate of drug-likeness (QED) is 0.900. The average Bonchev–Trinajstić information content (AvgIpc) is 2.98. The average molecular weight is 325 g/mol. The van der Waals surface area contributed by atoms with Crippen LogP contribution in [0.2, 0.25) is 0 Å². The molecule has 2 aromatic rings. The molecule has 2 heterocycles. The molecule has 1 unspecified atom stereocenters. The third-order valence-corrected chi connectivity index (χ3v) is 4.41. The van der Waals surface area contributed by atoms with Crippen LogP contribution < -0.4 is 5.32 Å². The van der Waals surface area contributed by atoms with Crippen LogP contribution in [0.15, 0.2) is 48.7 Å². The summed E-state index contributed by atoms with van der Waals surface area (Å²) in [5.41, 5.74) is 1.24. The first-order valence-electron chi connectivity index (χ1n) is 7.81. The number of aromatic carboxylic acids is 1. The molecule has 0 bridgehead atoms. The summed E-state index contributed by atoms with van der Waals surface area (Å²) in [4.78, 5) is 29.6. The molecule has 1 aliphatic rings. The largest absolute Gasteiger partial charge is 0.478 e. The number of nitrogens with zero attached hydrogens (tertiary/aromatic N) is 2. The first-order chi connectivity index (χ1) is 11.6. The van der Waals surface area contributed by atoms with Gasteiger partial charge in [0.25, 0.3) is 0 Å². The number of benzene rings is 1. The lowest BCUT2D eigenvalue weighted by Gasteiger charge is -2.24. The number of aromatic nitrogens is 1. The van der Waals surface area contributed by atoms with Crippen LogP contribution in [0.1, 0.15) is 28.3 Å². The van der Waals surface area contributed by atoms with Gasteiger partial charge in [-0.1, -0.05) is 30.3 Å². The number of likely N-dealkylation sites (tertiary alicyclic amines) is 1. The van der Waals surface area contributed by atoms with Crippen molar-refractivity contribution in [1.82, 2.24) is 9.88 Å². The van der Waals surface area contributed by atoms with E-state index < -0.39 is 5.97 Å². The fraction of sp³-hybridized carbons (Fsp3) is 0.278. The van der Waals surface area contributed by atoms with Gasteiger partial charge in [0.05, 0.1) is 11.6 Å². The molecular weight excluding hydrogens is 306 g/mol. The summed E-state index contributed by atoms with van der Waals surface area (Å²) >= 11 is 0. The van der Waals surface area contributed by atoms with Gasteiger partial charge in [-0.05, 0) is 37.7 Å². The number of carbonyl (C=O) groups is 2. The van der Waals surface area contributed by atoms with Gasteiger partial charge in [-0.3, -0.25) is 9.69 Å². The number of hydrogen-bond donors (Lipinski definition) is 2. The van der Waals surface area contributed by atoms with E-state index in [-0.39, 0.29) is 23.4 Å². The van der Waals surface area contributed by atoms with Gasteiger partial charge in [0.15, 0.2) is 0 Å². The topological polar surface area (TPSA) is 82.5 Å². The van der Waals surface area contributed by atoms with E-state index >= 15 is 0 Å². The molecule has 2 N–H and O–H groups in total. The number of anilines is 1. The Balaban J connectivity index is 1.76. The Kier molecular flexibility index (Phi) is 4.57. The number of carboxylic acids is 1. The summed E-state index contributed by atoms with van der Waals surface area (Å²) in [6.45, 7) is 0.850. The maximum atomic E-state index is 12.7. The van der Waals surface area contributed by atoms with Crippen molar-refractivity contribution in [2.75, 3.05) is 18.9 Å². The van der Waals surface area contributed by atoms with Crippen LogP contribution in [0.3, 0.4) is 0 Å². The lowest BCUT2D eigenvalue weighted by molar-refractivity contribution is -0.120. The van der Waals surface area contributed by atoms with Crippen molar-refractivity contribution in [3.05, 3.63) is 59.8 Å². The van der Waals surface area contributed by atoms with Crippen molar-refractivity contribution < 1.29 is 14.7 Å². The number of amides is 1. The molecule has 124 valence electrons. The van der Waals surface area contributed by atoms with E-state index in [1.54, 1.807) is 0 Å². The van der Waals surface area contributed by atoms with Crippen molar-refractivity contribution >= 4 is 17.7 Å². The highest BCUT2D eigenvalue weighted by atomic mass is 16.4. The van der Waals surface area contributed by atoms with Gasteiger partial charge in [0, 0.05) is 12.1 Å². The molecule has 0 spiro atoms. The second-order valence-electron chi connectivity index (χ2n) is 5.96. The fourth-order valence-electron chi connectivity index (χ4n) is 3.17. The number of hydrogen-bond acceptors (Lipinski definition) is 4. The van der Waals surface area contributed by atoms with Crippen LogP contribution in [0.5, 0.6) is 0 Å². The second-order valence-corrected chi connectivity index (χ2v) is 5.96. The van der Waals surface area contributed by atoms with E-state index in [0.717, 1.165) is 18.5 Å². The van der Waals surface area contributed by atoms with Gasteiger partial charge in [0.1, 0.15) is 5.82 Å². The highest BCUT2D eigenvalue weighted by Gasteiger charge is 2.38. The minimum atomic E-state index is -1.04. The number of rotatable bonds is 4. The number of carboxylic acid groups (broad SMARTS) is 1. The normalized spacial score (nSPS) is 20.7. The molecule has 1 amide bonds. The SMILES string of the molecule is CN1CC[C@H](c2ccccc2)C1C(=O)Nc1ccc(C(=O)O)cn1. The molecule has 1 aromatic carbocycles. The smallest absolute Gasteiger partial charge is 0.337 e. The van der Waals surface area contributed by atoms with Crippen LogP contribution in [-0.4, -0.2) is 46.5 Å². The predicted molar refractivity (Wildman–Crippen MR) is 90.0 cm³/mol. The molecule has 6 nitrogen and oxygen atoms in total. The summed E-state index contributed by atoms with van der Waals surface area (Å²) in [5.74, 6) is -0.675. The van der Waals surface area contributed by atoms with Gasteiger partial charge in [-0.25, -0.2) is 9.78 Å². The standard InChI is InChI=1S/C18H19N3O3/c1-21-10-9-14(12-5-3-2-4-6-12)16(21)17(22)20-15-8-7-13(11-19-15)18(23)24/h2-8,11,14,16H,9-10H2,1H3,(H,23,24)(H,19,20,22)/t14-,16?/m1/s1. The first-order valence-corrected chi connectivity index (χ1v) is 7.81. The maximum absolute atomic E-state index is 12.7. The van der Waals surface area contributed by atoms with Gasteiger partial charge < -0.3 is 10.4 Å². The van der Waals surface area contributed by atoms with Crippen LogP contribution >= 0.6 is 0 Å². The number of pyridine rings is 1. The van der Waals surface area contributed by atoms with E-state index in [0.29, 0.717) is 5.82 Å². The molecule has 1 saturated heterocycles. The second kappa shape index (κ2) is 6.80. The Labute approximate surface area is 140 Å². The zero-order valence-electron chi connectivity index (χ0n) is 13.3. The molecule has 1 fully saturated rings. The van der Waals surface area contributed by atoms with Crippen molar-refractivity contribution in [3.63, 3.8) is 0 Å². The van der Waals surface area contributed by atoms with E-state index in [4.69, 9.17) is 5.11 Å². The predicted octanol–water partition coefficient (Wildman–Crippen LogP) is 2.21. The van der Waals surface area contributed by atoms with Crippen molar-refractivity contribution in [3.8, 4) is 0 Å². The van der Waals surface area contributed by atoms with Gasteiger partial charge in [-0.2, -0.15) is 0 Å². The van der Waals surface area contributed by atoms with Crippen LogP contribution in [0.4, 0.5) is 5.82 Å². The molecule has 0 saturated carbocycles. The van der Waals surface area contributed by atoms with Crippen LogP contribution in [-0.2, 0) is 4.79 Å². The van der Waals surface area contributed by atoms with E-state index in [1.807, 2.05) is 42.3 Å². The Bertz CT molecular complexity index is 731. The summed E-state index contributed by atoms with van der Waals surface area (Å²) in [6, 6.07) is 12.7. The number of likely N-dealkylation sites (N-methyl/N-ethyl adjacent to an activating group) is 1. The lowest BCUT2D eigenvalue weighted by atomic mass is 9.91. The van der Waals surface area contributed by atoms with E-state index in [9.17, 15) is 9.59 Å². The van der Waals surface area contributed by atoms with E-state index in [2.05, 4.69) is 10.3 Å². The zero-order valence-corrected chi connectivity index (χ0v) is 13.3. The highest BCUT2D eigenvalue weighted by Crippen LogP contribution is 2.33. The third-order valence-electron chi connectivity index (χ3n) is 4.41. The first kappa shape index (κ1) is 16.1. The molecule has 6 heteroatoms. The Morgan fingerprint density at radius 3 is 2.58 bits per heavy atom. The molecule has 3 rings (SSSR count). The summed E-state index contributed by atoms with van der Waals surface area (Å²) in [6.07, 6.45) is 2.16. The number of carbonyl (C=O) groups excluding carboxylic acids is 1. The van der Waals surface area contributed by atoms with Crippen molar-refractivity contribution in [1.29, 1.82) is 0 Å². The maximum Gasteiger partial charge on any atom is 0.337 e. The summed E-state index contributed by atoms with van der Waals surface area (Å²) in [5, 5.41) is 11.7. The van der Waals surface area contributed by atoms with Gasteiger partial charge in [0.2, 0.25) is 5.91 Å². The van der Waals surface area contributed by atoms with Crippen molar-refractivity contribution in [2.24, 2.45) is 0 Å². The van der Waals surface area contributed by atoms with Crippen LogP contribution in [0, 0.1) is 0 Å². The zero-order chi connectivity index (χ0) is 17.1. The number of nitrogens with one attached hydrogen (secondary N) is 1. The highest BCUT2D eigenvalue weighted by molar-refractivity contribution is 5.95. The van der Waals surface area contributed by atoms with Crippen molar-refractivity contribution in [2.45, 2.75) is 18.4 Å². The monoisotopic (exact) mass is 325 g/mol. The summed E-state index contributed by atoms with van der Waals surface area (Å²) in [7, 11) is 1.94. The molecule has 0 radical (unpaired) electrons. The minimum absolute atomic E-state index is 0.0909. The minimum Gasteiger partial charge on any atom is -0.478 e. The van der Waals surface area contributed by atoms with Gasteiger partial charge >= 0.3 is 5.97 Å². The molecule has 24 heavy (non-hydrogen) atoms. The molecular formula is C18H19N3O3. The fourth-order valence-corrected chi connectivity index (χ4v) is 3.17. The Morgan fingerprint density at radius 2 is 1.96 bits per heavy atom. The third kappa shape index (κ3) is 3.28. The van der Waals surface area contributed by atoms with Crippen LogP contribution in [0.25, 0.3) is 0 Å². The lowest BCUT2D eigenvalue weighted by Crippen LogP contribution is -2.40. The molecule has 2 atom stereocenters. The Hall–Kier alpha value is -2.73. The van der Waals surface area contributed by atoms with Gasteiger partial charge in [-0.15, -0.1) is 0 Å². The Morgan fingerprint density at radius 1 is 1.21 bits per heavy atom. The van der Waals surface area contributed by atoms with E-state index in [1.165, 1.54) is 18.3 Å². The molecule has 1 aromatic heterocycles. The molecule has 1 aliphatic heterocycles.